The third kappa shape index (κ3) is 4.51. The van der Waals surface area contributed by atoms with Gasteiger partial charge in [0.2, 0.25) is 0 Å². The molecule has 4 bridgehead atoms. The van der Waals surface area contributed by atoms with Crippen LogP contribution in [0.25, 0.3) is 5.65 Å². The summed E-state index contributed by atoms with van der Waals surface area (Å²) in [5.41, 5.74) is 1.65. The third-order valence-corrected chi connectivity index (χ3v) is 5.65. The maximum atomic E-state index is 14.4. The van der Waals surface area contributed by atoms with Gasteiger partial charge in [-0.05, 0) is 57.9 Å². The molecule has 0 saturated heterocycles. The van der Waals surface area contributed by atoms with Crippen molar-refractivity contribution in [2.45, 2.75) is 52.4 Å². The summed E-state index contributed by atoms with van der Waals surface area (Å²) in [5.74, 6) is 0.0970. The Morgan fingerprint density at radius 1 is 1.29 bits per heavy atom. The van der Waals surface area contributed by atoms with Gasteiger partial charge in [0.15, 0.2) is 5.65 Å². The Bertz CT molecular complexity index is 1330. The molecule has 11 heteroatoms. The van der Waals surface area contributed by atoms with E-state index < -0.39 is 17.5 Å². The number of amides is 2. The van der Waals surface area contributed by atoms with Gasteiger partial charge in [-0.2, -0.15) is 9.61 Å². The van der Waals surface area contributed by atoms with Crippen LogP contribution in [0, 0.1) is 5.82 Å². The zero-order valence-electron chi connectivity index (χ0n) is 20.0. The first-order valence-corrected chi connectivity index (χ1v) is 11.5. The Morgan fingerprint density at radius 3 is 2.86 bits per heavy atom. The summed E-state index contributed by atoms with van der Waals surface area (Å²) in [6, 6.07) is 4.24. The minimum absolute atomic E-state index is 0.183. The lowest BCUT2D eigenvalue weighted by Gasteiger charge is -2.25. The Balaban J connectivity index is 1.69. The highest BCUT2D eigenvalue weighted by Gasteiger charge is 2.35. The molecule has 10 nitrogen and oxygen atoms in total. The predicted octanol–water partition coefficient (Wildman–Crippen LogP) is 3.56. The fourth-order valence-corrected chi connectivity index (χ4v) is 4.25. The lowest BCUT2D eigenvalue weighted by atomic mass is 10.2. The lowest BCUT2D eigenvalue weighted by molar-refractivity contribution is 0.0582. The fraction of sp³-hybridized carbons (Fsp3) is 0.417. The molecule has 5 rings (SSSR count). The first kappa shape index (κ1) is 23.0. The standard InChI is InChI=1S/C24H27FN6O4/c1-13-11-34-12-14-7-15(25)9-16(8-14)28-19-17-5-6-30(23(33)35-24(2,3)4)22(17)31-20(29-19)18(10-26-31)21(32)27-13/h7-10,13H,5-6,11-12H2,1-4H3,(H,27,32)(H,28,29)/t13-/m1/s1. The minimum Gasteiger partial charge on any atom is -0.443 e. The molecular formula is C24H27FN6O4. The molecule has 2 aliphatic heterocycles. The van der Waals surface area contributed by atoms with E-state index in [2.05, 4.69) is 15.7 Å². The molecule has 35 heavy (non-hydrogen) atoms. The van der Waals surface area contributed by atoms with Crippen molar-refractivity contribution in [3.8, 4) is 0 Å². The summed E-state index contributed by atoms with van der Waals surface area (Å²) < 4.78 is 27.2. The van der Waals surface area contributed by atoms with Crippen molar-refractivity contribution in [1.82, 2.24) is 19.9 Å². The number of carbonyl (C=O) groups excluding carboxylic acids is 2. The van der Waals surface area contributed by atoms with E-state index in [1.165, 1.54) is 27.7 Å². The molecule has 184 valence electrons. The van der Waals surface area contributed by atoms with E-state index in [1.54, 1.807) is 26.8 Å². The van der Waals surface area contributed by atoms with E-state index in [1.807, 2.05) is 6.92 Å². The highest BCUT2D eigenvalue weighted by atomic mass is 19.1. The van der Waals surface area contributed by atoms with Crippen LogP contribution in [0.5, 0.6) is 0 Å². The van der Waals surface area contributed by atoms with Gasteiger partial charge < -0.3 is 20.1 Å². The molecule has 4 heterocycles. The number of hydrogen-bond acceptors (Lipinski definition) is 7. The van der Waals surface area contributed by atoms with Gasteiger partial charge in [-0.25, -0.2) is 14.2 Å². The van der Waals surface area contributed by atoms with Gasteiger partial charge >= 0.3 is 6.09 Å². The maximum Gasteiger partial charge on any atom is 0.416 e. The second kappa shape index (κ2) is 8.49. The number of nitrogens with one attached hydrogen (secondary N) is 2. The molecule has 3 aromatic rings. The summed E-state index contributed by atoms with van der Waals surface area (Å²) in [5, 5.41) is 10.5. The Kier molecular flexibility index (Phi) is 5.59. The quantitative estimate of drug-likeness (QED) is 0.504. The number of ether oxygens (including phenoxy) is 2. The van der Waals surface area contributed by atoms with E-state index in [9.17, 15) is 14.0 Å². The van der Waals surface area contributed by atoms with Crippen LogP contribution >= 0.6 is 0 Å². The van der Waals surface area contributed by atoms with Crippen molar-refractivity contribution < 1.29 is 23.5 Å². The number of hydrogen-bond donors (Lipinski definition) is 2. The van der Waals surface area contributed by atoms with Crippen molar-refractivity contribution in [1.29, 1.82) is 0 Å². The van der Waals surface area contributed by atoms with E-state index in [-0.39, 0.29) is 36.4 Å². The summed E-state index contributed by atoms with van der Waals surface area (Å²) in [6.45, 7) is 7.97. The summed E-state index contributed by atoms with van der Waals surface area (Å²) in [6.07, 6.45) is 1.38. The highest BCUT2D eigenvalue weighted by molar-refractivity contribution is 6.01. The van der Waals surface area contributed by atoms with Crippen molar-refractivity contribution in [3.05, 3.63) is 46.9 Å². The van der Waals surface area contributed by atoms with Crippen molar-refractivity contribution in [2.75, 3.05) is 23.4 Å². The second-order valence-corrected chi connectivity index (χ2v) is 9.80. The van der Waals surface area contributed by atoms with E-state index in [4.69, 9.17) is 14.5 Å². The van der Waals surface area contributed by atoms with Gasteiger partial charge in [-0.3, -0.25) is 9.69 Å². The zero-order valence-corrected chi connectivity index (χ0v) is 20.0. The van der Waals surface area contributed by atoms with Gasteiger partial charge in [0.05, 0.1) is 19.4 Å². The smallest absolute Gasteiger partial charge is 0.416 e. The van der Waals surface area contributed by atoms with Crippen LogP contribution in [0.4, 0.5) is 26.5 Å². The Morgan fingerprint density at radius 2 is 2.09 bits per heavy atom. The molecule has 2 amide bonds. The van der Waals surface area contributed by atoms with Crippen molar-refractivity contribution in [3.63, 3.8) is 0 Å². The second-order valence-electron chi connectivity index (χ2n) is 9.80. The molecule has 0 saturated carbocycles. The van der Waals surface area contributed by atoms with Gasteiger partial charge in [0.25, 0.3) is 5.91 Å². The number of anilines is 3. The molecule has 1 aromatic carbocycles. The van der Waals surface area contributed by atoms with E-state index >= 15 is 0 Å². The molecule has 0 spiro atoms. The summed E-state index contributed by atoms with van der Waals surface area (Å²) >= 11 is 0. The van der Waals surface area contributed by atoms with Crippen molar-refractivity contribution in [2.24, 2.45) is 0 Å². The van der Waals surface area contributed by atoms with Crippen molar-refractivity contribution >= 4 is 35.0 Å². The average molecular weight is 483 g/mol. The molecule has 2 aromatic heterocycles. The fourth-order valence-electron chi connectivity index (χ4n) is 4.25. The average Bonchev–Trinajstić information content (AvgIpc) is 3.36. The van der Waals surface area contributed by atoms with Gasteiger partial charge in [0, 0.05) is 23.8 Å². The van der Waals surface area contributed by atoms with Gasteiger partial charge in [-0.15, -0.1) is 0 Å². The lowest BCUT2D eigenvalue weighted by Crippen LogP contribution is -2.37. The number of rotatable bonds is 0. The Hall–Kier alpha value is -3.73. The number of aromatic nitrogens is 3. The molecular weight excluding hydrogens is 455 g/mol. The predicted molar refractivity (Wildman–Crippen MR) is 127 cm³/mol. The SMILES string of the molecule is C[C@@H]1COCc2cc(F)cc(c2)Nc2nc3c(cnn3c3c2CCN3C(=O)OC(C)(C)C)C(=O)N1. The third-order valence-electron chi connectivity index (χ3n) is 5.65. The Labute approximate surface area is 201 Å². The number of benzene rings is 1. The number of carbonyl (C=O) groups is 2. The largest absolute Gasteiger partial charge is 0.443 e. The monoisotopic (exact) mass is 482 g/mol. The van der Waals surface area contributed by atoms with Crippen LogP contribution < -0.4 is 15.5 Å². The van der Waals surface area contributed by atoms with Crippen LogP contribution in [-0.2, 0) is 22.5 Å². The summed E-state index contributed by atoms with van der Waals surface area (Å²) in [4.78, 5) is 32.3. The van der Waals surface area contributed by atoms with Crippen LogP contribution in [-0.4, -0.2) is 51.4 Å². The molecule has 0 aliphatic carbocycles. The molecule has 0 unspecified atom stereocenters. The maximum absolute atomic E-state index is 14.4. The van der Waals surface area contributed by atoms with Crippen LogP contribution in [0.1, 0.15) is 49.2 Å². The molecule has 2 N–H and O–H groups in total. The van der Waals surface area contributed by atoms with Crippen LogP contribution in [0.2, 0.25) is 0 Å². The summed E-state index contributed by atoms with van der Waals surface area (Å²) in [7, 11) is 0. The van der Waals surface area contributed by atoms with E-state index in [0.29, 0.717) is 41.4 Å². The van der Waals surface area contributed by atoms with Crippen LogP contribution in [0.3, 0.4) is 0 Å². The minimum atomic E-state index is -0.688. The van der Waals surface area contributed by atoms with Gasteiger partial charge in [0.1, 0.15) is 28.6 Å². The molecule has 2 aliphatic rings. The topological polar surface area (TPSA) is 110 Å². The first-order valence-electron chi connectivity index (χ1n) is 11.5. The zero-order chi connectivity index (χ0) is 24.9. The number of nitrogens with zero attached hydrogens (tertiary/aromatic N) is 4. The van der Waals surface area contributed by atoms with Gasteiger partial charge in [-0.1, -0.05) is 0 Å². The normalized spacial score (nSPS) is 18.1. The molecule has 1 atom stereocenters. The highest BCUT2D eigenvalue weighted by Crippen LogP contribution is 2.36. The van der Waals surface area contributed by atoms with Crippen LogP contribution in [0.15, 0.2) is 24.4 Å². The molecule has 0 radical (unpaired) electrons. The first-order chi connectivity index (χ1) is 16.6. The number of fused-ring (bicyclic) bond motifs is 6. The molecule has 0 fully saturated rings. The number of halogens is 1. The van der Waals surface area contributed by atoms with E-state index in [0.717, 1.165) is 0 Å².